The number of nitrogens with zero attached hydrogens (tertiary/aromatic N) is 1. The summed E-state index contributed by atoms with van der Waals surface area (Å²) < 4.78 is 1.21. The summed E-state index contributed by atoms with van der Waals surface area (Å²) >= 11 is 3.67. The van der Waals surface area contributed by atoms with Crippen LogP contribution >= 0.6 is 15.9 Å². The zero-order valence-electron chi connectivity index (χ0n) is 12.7. The highest BCUT2D eigenvalue weighted by molar-refractivity contribution is 9.10. The van der Waals surface area contributed by atoms with Gasteiger partial charge in [-0.1, -0.05) is 47.0 Å². The molecule has 112 valence electrons. The molecule has 1 fully saturated rings. The van der Waals surface area contributed by atoms with E-state index in [2.05, 4.69) is 64.4 Å². The van der Waals surface area contributed by atoms with E-state index >= 15 is 0 Å². The minimum absolute atomic E-state index is 0.432. The second-order valence-electron chi connectivity index (χ2n) is 5.89. The Morgan fingerprint density at radius 2 is 2.10 bits per heavy atom. The van der Waals surface area contributed by atoms with Crippen LogP contribution < -0.4 is 5.32 Å². The first kappa shape index (κ1) is 16.0. The van der Waals surface area contributed by atoms with Gasteiger partial charge in [-0.2, -0.15) is 0 Å². The fraction of sp³-hybridized carbons (Fsp3) is 0.647. The molecule has 1 heterocycles. The van der Waals surface area contributed by atoms with Crippen LogP contribution in [-0.2, 0) is 0 Å². The first-order valence-corrected chi connectivity index (χ1v) is 8.67. The molecule has 1 aliphatic rings. The molecule has 1 aromatic rings. The Labute approximate surface area is 132 Å². The predicted octanol–water partition coefficient (Wildman–Crippen LogP) is 4.36. The third-order valence-electron chi connectivity index (χ3n) is 4.52. The molecule has 1 aliphatic heterocycles. The van der Waals surface area contributed by atoms with Crippen molar-refractivity contribution in [1.29, 1.82) is 0 Å². The maximum atomic E-state index is 3.67. The SMILES string of the molecule is CNC(CCN1CCCCCC1C)c1ccccc1Br. The van der Waals surface area contributed by atoms with Crippen LogP contribution in [0.15, 0.2) is 28.7 Å². The molecule has 0 bridgehead atoms. The van der Waals surface area contributed by atoms with Crippen molar-refractivity contribution in [1.82, 2.24) is 10.2 Å². The van der Waals surface area contributed by atoms with Crippen LogP contribution in [0.4, 0.5) is 0 Å². The Balaban J connectivity index is 1.95. The number of rotatable bonds is 5. The minimum Gasteiger partial charge on any atom is -0.313 e. The van der Waals surface area contributed by atoms with Crippen molar-refractivity contribution in [2.24, 2.45) is 0 Å². The van der Waals surface area contributed by atoms with Crippen molar-refractivity contribution in [2.45, 2.75) is 51.1 Å². The van der Waals surface area contributed by atoms with Crippen molar-refractivity contribution in [2.75, 3.05) is 20.1 Å². The summed E-state index contributed by atoms with van der Waals surface area (Å²) in [4.78, 5) is 2.67. The van der Waals surface area contributed by atoms with E-state index in [9.17, 15) is 0 Å². The number of likely N-dealkylation sites (tertiary alicyclic amines) is 1. The van der Waals surface area contributed by atoms with Crippen molar-refractivity contribution in [3.05, 3.63) is 34.3 Å². The highest BCUT2D eigenvalue weighted by atomic mass is 79.9. The largest absolute Gasteiger partial charge is 0.313 e. The highest BCUT2D eigenvalue weighted by Gasteiger charge is 2.19. The number of nitrogens with one attached hydrogen (secondary N) is 1. The minimum atomic E-state index is 0.432. The molecule has 0 amide bonds. The van der Waals surface area contributed by atoms with Gasteiger partial charge in [0.25, 0.3) is 0 Å². The van der Waals surface area contributed by atoms with Gasteiger partial charge < -0.3 is 10.2 Å². The molecule has 0 spiro atoms. The molecular formula is C17H27BrN2. The average molecular weight is 339 g/mol. The summed E-state index contributed by atoms with van der Waals surface area (Å²) in [6, 6.07) is 9.73. The van der Waals surface area contributed by atoms with Crippen molar-refractivity contribution in [3.8, 4) is 0 Å². The highest BCUT2D eigenvalue weighted by Crippen LogP contribution is 2.26. The summed E-state index contributed by atoms with van der Waals surface area (Å²) in [5, 5.41) is 3.47. The Morgan fingerprint density at radius 3 is 2.85 bits per heavy atom. The average Bonchev–Trinajstić information content (AvgIpc) is 2.66. The lowest BCUT2D eigenvalue weighted by Crippen LogP contribution is -2.35. The lowest BCUT2D eigenvalue weighted by atomic mass is 10.0. The maximum Gasteiger partial charge on any atom is 0.0340 e. The third kappa shape index (κ3) is 4.31. The zero-order chi connectivity index (χ0) is 14.4. The van der Waals surface area contributed by atoms with Crippen LogP contribution in [0.1, 0.15) is 50.6 Å². The van der Waals surface area contributed by atoms with Crippen molar-refractivity contribution in [3.63, 3.8) is 0 Å². The third-order valence-corrected chi connectivity index (χ3v) is 5.25. The van der Waals surface area contributed by atoms with E-state index in [1.165, 1.54) is 55.2 Å². The van der Waals surface area contributed by atoms with Gasteiger partial charge in [0.1, 0.15) is 0 Å². The molecule has 0 aliphatic carbocycles. The van der Waals surface area contributed by atoms with Crippen molar-refractivity contribution < 1.29 is 0 Å². The summed E-state index contributed by atoms with van der Waals surface area (Å²) in [6.07, 6.45) is 6.70. The topological polar surface area (TPSA) is 15.3 Å². The van der Waals surface area contributed by atoms with E-state index in [0.717, 1.165) is 6.04 Å². The van der Waals surface area contributed by atoms with Crippen molar-refractivity contribution >= 4 is 15.9 Å². The van der Waals surface area contributed by atoms with Gasteiger partial charge in [-0.05, 0) is 51.4 Å². The second-order valence-corrected chi connectivity index (χ2v) is 6.74. The van der Waals surface area contributed by atoms with Gasteiger partial charge in [0, 0.05) is 23.1 Å². The molecule has 2 nitrogen and oxygen atoms in total. The number of hydrogen-bond donors (Lipinski definition) is 1. The summed E-state index contributed by atoms with van der Waals surface area (Å²) in [7, 11) is 2.07. The second kappa shape index (κ2) is 8.16. The molecule has 1 aromatic carbocycles. The standard InChI is InChI=1S/C17H27BrN2/c1-14-8-4-3-7-12-20(14)13-11-17(19-2)15-9-5-6-10-16(15)18/h5-6,9-10,14,17,19H,3-4,7-8,11-13H2,1-2H3. The number of hydrogen-bond acceptors (Lipinski definition) is 2. The predicted molar refractivity (Wildman–Crippen MR) is 90.1 cm³/mol. The summed E-state index contributed by atoms with van der Waals surface area (Å²) in [5.74, 6) is 0. The zero-order valence-corrected chi connectivity index (χ0v) is 14.3. The van der Waals surface area contributed by atoms with Gasteiger partial charge in [-0.3, -0.25) is 0 Å². The van der Waals surface area contributed by atoms with E-state index < -0.39 is 0 Å². The normalized spacial score (nSPS) is 22.4. The van der Waals surface area contributed by atoms with E-state index in [1.54, 1.807) is 0 Å². The smallest absolute Gasteiger partial charge is 0.0340 e. The first-order chi connectivity index (χ1) is 9.72. The molecule has 0 aromatic heterocycles. The van der Waals surface area contributed by atoms with Crippen LogP contribution in [0.3, 0.4) is 0 Å². The Bertz CT molecular complexity index is 408. The molecule has 2 atom stereocenters. The van der Waals surface area contributed by atoms with E-state index in [0.29, 0.717) is 6.04 Å². The molecule has 1 saturated heterocycles. The van der Waals surface area contributed by atoms with Crippen LogP contribution in [0.25, 0.3) is 0 Å². The maximum absolute atomic E-state index is 3.67. The number of halogens is 1. The van der Waals surface area contributed by atoms with Gasteiger partial charge in [-0.15, -0.1) is 0 Å². The molecule has 0 saturated carbocycles. The fourth-order valence-electron chi connectivity index (χ4n) is 3.17. The van der Waals surface area contributed by atoms with E-state index in [-0.39, 0.29) is 0 Å². The lowest BCUT2D eigenvalue weighted by molar-refractivity contribution is 0.203. The van der Waals surface area contributed by atoms with Crippen LogP contribution in [0, 0.1) is 0 Å². The first-order valence-electron chi connectivity index (χ1n) is 7.88. The lowest BCUT2D eigenvalue weighted by Gasteiger charge is -2.29. The van der Waals surface area contributed by atoms with Crippen LogP contribution in [0.5, 0.6) is 0 Å². The van der Waals surface area contributed by atoms with Gasteiger partial charge in [0.15, 0.2) is 0 Å². The fourth-order valence-corrected chi connectivity index (χ4v) is 3.74. The molecular weight excluding hydrogens is 312 g/mol. The Hall–Kier alpha value is -0.380. The molecule has 3 heteroatoms. The van der Waals surface area contributed by atoms with Crippen LogP contribution in [-0.4, -0.2) is 31.1 Å². The van der Waals surface area contributed by atoms with Gasteiger partial charge >= 0.3 is 0 Å². The number of benzene rings is 1. The van der Waals surface area contributed by atoms with E-state index in [4.69, 9.17) is 0 Å². The monoisotopic (exact) mass is 338 g/mol. The molecule has 2 rings (SSSR count). The molecule has 2 unspecified atom stereocenters. The quantitative estimate of drug-likeness (QED) is 0.857. The Morgan fingerprint density at radius 1 is 1.30 bits per heavy atom. The molecule has 1 N–H and O–H groups in total. The molecule has 0 radical (unpaired) electrons. The van der Waals surface area contributed by atoms with Crippen LogP contribution in [0.2, 0.25) is 0 Å². The summed E-state index contributed by atoms with van der Waals surface area (Å²) in [5.41, 5.74) is 1.37. The van der Waals surface area contributed by atoms with Gasteiger partial charge in [0.05, 0.1) is 0 Å². The van der Waals surface area contributed by atoms with E-state index in [1.807, 2.05) is 0 Å². The Kier molecular flexibility index (Phi) is 6.53. The van der Waals surface area contributed by atoms with Gasteiger partial charge in [0.2, 0.25) is 0 Å². The van der Waals surface area contributed by atoms with Gasteiger partial charge in [-0.25, -0.2) is 0 Å². The summed E-state index contributed by atoms with van der Waals surface area (Å²) in [6.45, 7) is 4.85. The molecule has 20 heavy (non-hydrogen) atoms.